The largest absolute Gasteiger partial charge is 0.384 e. The molecule has 0 spiro atoms. The SMILES string of the molecule is CCCC=C(C)CC[C@H]1C(=O)CCC1/C=C/CCOC. The van der Waals surface area contributed by atoms with Gasteiger partial charge in [0, 0.05) is 26.1 Å². The Morgan fingerprint density at radius 2 is 2.20 bits per heavy atom. The number of carbonyl (C=O) groups excluding carboxylic acids is 1. The number of rotatable bonds is 9. The van der Waals surface area contributed by atoms with Crippen LogP contribution in [0.3, 0.4) is 0 Å². The first-order valence-electron chi connectivity index (χ1n) is 8.03. The highest BCUT2D eigenvalue weighted by molar-refractivity contribution is 5.83. The van der Waals surface area contributed by atoms with E-state index >= 15 is 0 Å². The van der Waals surface area contributed by atoms with Crippen LogP contribution in [0.2, 0.25) is 0 Å². The molecule has 0 aliphatic heterocycles. The molecule has 1 fully saturated rings. The molecule has 114 valence electrons. The molecule has 0 aromatic carbocycles. The average molecular weight is 278 g/mol. The number of carbonyl (C=O) groups is 1. The predicted octanol–water partition coefficient (Wildman–Crippen LogP) is 4.70. The Labute approximate surface area is 124 Å². The van der Waals surface area contributed by atoms with Gasteiger partial charge in [0.2, 0.25) is 0 Å². The summed E-state index contributed by atoms with van der Waals surface area (Å²) in [7, 11) is 1.72. The van der Waals surface area contributed by atoms with Gasteiger partial charge in [-0.3, -0.25) is 4.79 Å². The fourth-order valence-corrected chi connectivity index (χ4v) is 2.87. The summed E-state index contributed by atoms with van der Waals surface area (Å²) in [4.78, 5) is 12.0. The van der Waals surface area contributed by atoms with Crippen molar-refractivity contribution in [2.75, 3.05) is 13.7 Å². The highest BCUT2D eigenvalue weighted by atomic mass is 16.5. The molecule has 0 aromatic rings. The average Bonchev–Trinajstić information content (AvgIpc) is 2.79. The summed E-state index contributed by atoms with van der Waals surface area (Å²) >= 11 is 0. The first-order chi connectivity index (χ1) is 9.69. The minimum absolute atomic E-state index is 0.249. The van der Waals surface area contributed by atoms with Gasteiger partial charge < -0.3 is 4.74 Å². The van der Waals surface area contributed by atoms with Gasteiger partial charge in [-0.25, -0.2) is 0 Å². The number of Topliss-reactive ketones (excluding diaryl/α,β-unsaturated/α-hetero) is 1. The van der Waals surface area contributed by atoms with Crippen molar-refractivity contribution < 1.29 is 9.53 Å². The van der Waals surface area contributed by atoms with Gasteiger partial charge in [0.15, 0.2) is 0 Å². The van der Waals surface area contributed by atoms with Gasteiger partial charge in [-0.05, 0) is 44.9 Å². The van der Waals surface area contributed by atoms with Crippen LogP contribution >= 0.6 is 0 Å². The second kappa shape index (κ2) is 9.93. The van der Waals surface area contributed by atoms with Crippen LogP contribution in [0.15, 0.2) is 23.8 Å². The molecule has 2 heteroatoms. The van der Waals surface area contributed by atoms with Gasteiger partial charge in [0.05, 0.1) is 0 Å². The maximum absolute atomic E-state index is 12.0. The summed E-state index contributed by atoms with van der Waals surface area (Å²) in [5.74, 6) is 1.17. The number of ketones is 1. The summed E-state index contributed by atoms with van der Waals surface area (Å²) in [6, 6.07) is 0. The van der Waals surface area contributed by atoms with Gasteiger partial charge in [0.1, 0.15) is 5.78 Å². The Morgan fingerprint density at radius 3 is 2.90 bits per heavy atom. The van der Waals surface area contributed by atoms with Gasteiger partial charge >= 0.3 is 0 Å². The summed E-state index contributed by atoms with van der Waals surface area (Å²) in [6.45, 7) is 5.16. The van der Waals surface area contributed by atoms with E-state index in [1.165, 1.54) is 12.0 Å². The van der Waals surface area contributed by atoms with Gasteiger partial charge in [-0.2, -0.15) is 0 Å². The van der Waals surface area contributed by atoms with Crippen LogP contribution < -0.4 is 0 Å². The fraction of sp³-hybridized carbons (Fsp3) is 0.722. The Balaban J connectivity index is 2.43. The number of allylic oxidation sites excluding steroid dienone is 3. The molecule has 1 aliphatic rings. The molecule has 0 N–H and O–H groups in total. The molecule has 0 radical (unpaired) electrons. The lowest BCUT2D eigenvalue weighted by atomic mass is 9.89. The summed E-state index contributed by atoms with van der Waals surface area (Å²) in [5, 5.41) is 0. The molecule has 0 heterocycles. The second-order valence-corrected chi connectivity index (χ2v) is 5.86. The highest BCUT2D eigenvalue weighted by Crippen LogP contribution is 2.34. The van der Waals surface area contributed by atoms with Crippen LogP contribution in [-0.2, 0) is 9.53 Å². The van der Waals surface area contributed by atoms with Crippen molar-refractivity contribution in [3.8, 4) is 0 Å². The third-order valence-corrected chi connectivity index (χ3v) is 4.16. The summed E-state index contributed by atoms with van der Waals surface area (Å²) in [6.07, 6.45) is 13.9. The van der Waals surface area contributed by atoms with Crippen LogP contribution in [0.1, 0.15) is 58.8 Å². The zero-order valence-corrected chi connectivity index (χ0v) is 13.4. The number of hydrogen-bond donors (Lipinski definition) is 0. The Hall–Kier alpha value is -0.890. The van der Waals surface area contributed by atoms with Crippen molar-refractivity contribution in [3.05, 3.63) is 23.8 Å². The van der Waals surface area contributed by atoms with Crippen LogP contribution in [0.4, 0.5) is 0 Å². The maximum Gasteiger partial charge on any atom is 0.136 e. The van der Waals surface area contributed by atoms with Crippen molar-refractivity contribution in [1.29, 1.82) is 0 Å². The third kappa shape index (κ3) is 6.04. The van der Waals surface area contributed by atoms with Crippen molar-refractivity contribution in [2.24, 2.45) is 11.8 Å². The molecule has 0 aromatic heterocycles. The first kappa shape index (κ1) is 17.2. The van der Waals surface area contributed by atoms with Crippen molar-refractivity contribution in [2.45, 2.75) is 58.8 Å². The molecule has 2 nitrogen and oxygen atoms in total. The van der Waals surface area contributed by atoms with E-state index in [0.717, 1.165) is 45.1 Å². The standard InChI is InChI=1S/C18H30O2/c1-4-5-8-15(2)10-12-17-16(11-13-18(17)19)9-6-7-14-20-3/h6,8-9,16-17H,4-5,7,10-14H2,1-3H3/b9-6+,15-8?/t16?,17-/m1/s1. The van der Waals surface area contributed by atoms with Crippen LogP contribution in [0, 0.1) is 11.8 Å². The molecule has 2 atom stereocenters. The van der Waals surface area contributed by atoms with E-state index < -0.39 is 0 Å². The predicted molar refractivity (Wildman–Crippen MR) is 84.8 cm³/mol. The Morgan fingerprint density at radius 1 is 1.40 bits per heavy atom. The molecule has 1 aliphatic carbocycles. The second-order valence-electron chi connectivity index (χ2n) is 5.86. The van der Waals surface area contributed by atoms with Crippen molar-refractivity contribution >= 4 is 5.78 Å². The quantitative estimate of drug-likeness (QED) is 0.451. The third-order valence-electron chi connectivity index (χ3n) is 4.16. The maximum atomic E-state index is 12.0. The number of hydrogen-bond acceptors (Lipinski definition) is 2. The monoisotopic (exact) mass is 278 g/mol. The van der Waals surface area contributed by atoms with E-state index in [4.69, 9.17) is 4.74 Å². The summed E-state index contributed by atoms with van der Waals surface area (Å²) in [5.41, 5.74) is 1.44. The molecular weight excluding hydrogens is 248 g/mol. The van der Waals surface area contributed by atoms with Gasteiger partial charge in [0.25, 0.3) is 0 Å². The summed E-state index contributed by atoms with van der Waals surface area (Å²) < 4.78 is 5.05. The number of methoxy groups -OCH3 is 1. The van der Waals surface area contributed by atoms with Crippen LogP contribution in [0.5, 0.6) is 0 Å². The molecule has 1 unspecified atom stereocenters. The lowest BCUT2D eigenvalue weighted by Gasteiger charge is -2.15. The smallest absolute Gasteiger partial charge is 0.136 e. The van der Waals surface area contributed by atoms with E-state index in [0.29, 0.717) is 11.7 Å². The van der Waals surface area contributed by atoms with E-state index in [2.05, 4.69) is 32.1 Å². The zero-order chi connectivity index (χ0) is 14.8. The van der Waals surface area contributed by atoms with Gasteiger partial charge in [-0.1, -0.05) is 37.1 Å². The number of unbranched alkanes of at least 4 members (excludes halogenated alkanes) is 1. The van der Waals surface area contributed by atoms with E-state index in [9.17, 15) is 4.79 Å². The first-order valence-corrected chi connectivity index (χ1v) is 8.03. The van der Waals surface area contributed by atoms with Crippen molar-refractivity contribution in [3.63, 3.8) is 0 Å². The van der Waals surface area contributed by atoms with Crippen LogP contribution in [-0.4, -0.2) is 19.5 Å². The van der Waals surface area contributed by atoms with Crippen LogP contribution in [0.25, 0.3) is 0 Å². The molecular formula is C18H30O2. The lowest BCUT2D eigenvalue weighted by molar-refractivity contribution is -0.121. The fourth-order valence-electron chi connectivity index (χ4n) is 2.87. The van der Waals surface area contributed by atoms with Gasteiger partial charge in [-0.15, -0.1) is 0 Å². The van der Waals surface area contributed by atoms with E-state index in [-0.39, 0.29) is 5.92 Å². The normalized spacial score (nSPS) is 23.9. The molecule has 20 heavy (non-hydrogen) atoms. The highest BCUT2D eigenvalue weighted by Gasteiger charge is 2.32. The molecule has 0 bridgehead atoms. The molecule has 0 amide bonds. The van der Waals surface area contributed by atoms with E-state index in [1.807, 2.05) is 0 Å². The minimum Gasteiger partial charge on any atom is -0.384 e. The molecule has 1 saturated carbocycles. The van der Waals surface area contributed by atoms with E-state index in [1.54, 1.807) is 7.11 Å². The molecule has 0 saturated heterocycles. The zero-order valence-electron chi connectivity index (χ0n) is 13.4. The Bertz CT molecular complexity index is 341. The number of ether oxygens (including phenoxy) is 1. The lowest BCUT2D eigenvalue weighted by Crippen LogP contribution is -2.13. The van der Waals surface area contributed by atoms with Crippen molar-refractivity contribution in [1.82, 2.24) is 0 Å². The molecule has 1 rings (SSSR count). The minimum atomic E-state index is 0.249. The topological polar surface area (TPSA) is 26.3 Å². The Kier molecular flexibility index (Phi) is 8.52.